The highest BCUT2D eigenvalue weighted by molar-refractivity contribution is 7.90. The molecule has 7 nitrogen and oxygen atoms in total. The predicted molar refractivity (Wildman–Crippen MR) is 120 cm³/mol. The van der Waals surface area contributed by atoms with Crippen molar-refractivity contribution >= 4 is 27.5 Å². The Morgan fingerprint density at radius 3 is 2.17 bits per heavy atom. The molecule has 0 bridgehead atoms. The Balaban J connectivity index is 1.93. The number of hydrogen-bond donors (Lipinski definition) is 3. The zero-order chi connectivity index (χ0) is 22.7. The lowest BCUT2D eigenvalue weighted by molar-refractivity contribution is -0.120. The van der Waals surface area contributed by atoms with Gasteiger partial charge in [0.15, 0.2) is 0 Å². The summed E-state index contributed by atoms with van der Waals surface area (Å²) in [6, 6.07) is 5.16. The lowest BCUT2D eigenvalue weighted by Crippen LogP contribution is -2.46. The van der Waals surface area contributed by atoms with Crippen molar-refractivity contribution in [2.24, 2.45) is 5.92 Å². The quantitative estimate of drug-likeness (QED) is 0.635. The normalized spacial score (nSPS) is 20.1. The first-order valence-corrected chi connectivity index (χ1v) is 12.0. The SMILES string of the molecule is Cc1cc(C(=O)NC(C)C)ccc1NC(=O)[C@H]1CC[C@H](NS(=O)(=O)C(C)(C)C)CC1. The standard InChI is InChI=1S/C22H35N3O4S/c1-14(2)23-21(27)17-9-12-19(15(3)13-17)24-20(26)16-7-10-18(11-8-16)25-30(28,29)22(4,5)6/h9,12-14,16,18,25H,7-8,10-11H2,1-6H3,(H,23,27)(H,24,26)/t16-,18-. The van der Waals surface area contributed by atoms with Crippen LogP contribution >= 0.6 is 0 Å². The summed E-state index contributed by atoms with van der Waals surface area (Å²) >= 11 is 0. The molecule has 0 heterocycles. The molecule has 0 saturated heterocycles. The van der Waals surface area contributed by atoms with Gasteiger partial charge in [-0.2, -0.15) is 0 Å². The molecule has 0 aromatic heterocycles. The maximum absolute atomic E-state index is 12.7. The second-order valence-electron chi connectivity index (χ2n) is 9.43. The zero-order valence-electron chi connectivity index (χ0n) is 18.8. The van der Waals surface area contributed by atoms with Crippen molar-refractivity contribution in [2.45, 2.75) is 84.1 Å². The molecule has 3 N–H and O–H groups in total. The monoisotopic (exact) mass is 437 g/mol. The van der Waals surface area contributed by atoms with Crippen LogP contribution in [0.25, 0.3) is 0 Å². The van der Waals surface area contributed by atoms with Crippen LogP contribution in [0.4, 0.5) is 5.69 Å². The van der Waals surface area contributed by atoms with Crippen LogP contribution < -0.4 is 15.4 Å². The van der Waals surface area contributed by atoms with Gasteiger partial charge in [-0.25, -0.2) is 13.1 Å². The molecule has 1 aromatic carbocycles. The first-order valence-electron chi connectivity index (χ1n) is 10.5. The third kappa shape index (κ3) is 6.28. The highest BCUT2D eigenvalue weighted by Gasteiger charge is 2.34. The van der Waals surface area contributed by atoms with Crippen molar-refractivity contribution < 1.29 is 18.0 Å². The van der Waals surface area contributed by atoms with E-state index in [-0.39, 0.29) is 29.8 Å². The molecule has 0 atom stereocenters. The summed E-state index contributed by atoms with van der Waals surface area (Å²) < 4.78 is 26.6. The Hall–Kier alpha value is -1.93. The van der Waals surface area contributed by atoms with Crippen molar-refractivity contribution in [1.82, 2.24) is 10.0 Å². The molecule has 0 aliphatic heterocycles. The maximum atomic E-state index is 12.7. The number of carbonyl (C=O) groups excluding carboxylic acids is 2. The van der Waals surface area contributed by atoms with E-state index < -0.39 is 14.8 Å². The number of hydrogen-bond acceptors (Lipinski definition) is 4. The molecule has 168 valence electrons. The minimum Gasteiger partial charge on any atom is -0.350 e. The molecule has 1 fully saturated rings. The van der Waals surface area contributed by atoms with Crippen molar-refractivity contribution in [2.75, 3.05) is 5.32 Å². The average Bonchev–Trinajstić information content (AvgIpc) is 2.62. The van der Waals surface area contributed by atoms with Crippen molar-refractivity contribution in [3.8, 4) is 0 Å². The highest BCUT2D eigenvalue weighted by Crippen LogP contribution is 2.28. The fourth-order valence-electron chi connectivity index (χ4n) is 3.40. The van der Waals surface area contributed by atoms with Crippen LogP contribution in [0.2, 0.25) is 0 Å². The number of sulfonamides is 1. The lowest BCUT2D eigenvalue weighted by atomic mass is 9.86. The van der Waals surface area contributed by atoms with E-state index in [9.17, 15) is 18.0 Å². The number of nitrogens with one attached hydrogen (secondary N) is 3. The van der Waals surface area contributed by atoms with Gasteiger partial charge in [-0.1, -0.05) is 0 Å². The molecule has 0 radical (unpaired) electrons. The smallest absolute Gasteiger partial charge is 0.251 e. The predicted octanol–water partition coefficient (Wildman–Crippen LogP) is 3.35. The summed E-state index contributed by atoms with van der Waals surface area (Å²) in [7, 11) is -3.39. The van der Waals surface area contributed by atoms with E-state index in [1.807, 2.05) is 20.8 Å². The van der Waals surface area contributed by atoms with Gasteiger partial charge in [0.1, 0.15) is 0 Å². The number of amides is 2. The summed E-state index contributed by atoms with van der Waals surface area (Å²) in [5, 5.41) is 5.82. The first-order chi connectivity index (χ1) is 13.8. The van der Waals surface area contributed by atoms with Gasteiger partial charge in [0, 0.05) is 29.3 Å². The molecule has 1 aliphatic carbocycles. The Morgan fingerprint density at radius 1 is 1.07 bits per heavy atom. The molecular weight excluding hydrogens is 402 g/mol. The van der Waals surface area contributed by atoms with Crippen molar-refractivity contribution in [3.05, 3.63) is 29.3 Å². The van der Waals surface area contributed by atoms with Gasteiger partial charge in [-0.05, 0) is 91.0 Å². The van der Waals surface area contributed by atoms with Crippen LogP contribution in [0.15, 0.2) is 18.2 Å². The Labute approximate surface area is 180 Å². The molecule has 0 spiro atoms. The second-order valence-corrected chi connectivity index (χ2v) is 11.9. The number of anilines is 1. The Morgan fingerprint density at radius 2 is 1.67 bits per heavy atom. The van der Waals surface area contributed by atoms with E-state index in [0.29, 0.717) is 36.9 Å². The van der Waals surface area contributed by atoms with Gasteiger partial charge >= 0.3 is 0 Å². The van der Waals surface area contributed by atoms with Crippen molar-refractivity contribution in [1.29, 1.82) is 0 Å². The largest absolute Gasteiger partial charge is 0.350 e. The fraction of sp³-hybridized carbons (Fsp3) is 0.636. The van der Waals surface area contributed by atoms with Gasteiger partial charge in [-0.3, -0.25) is 9.59 Å². The van der Waals surface area contributed by atoms with E-state index in [1.54, 1.807) is 39.0 Å². The van der Waals surface area contributed by atoms with E-state index in [2.05, 4.69) is 15.4 Å². The number of benzene rings is 1. The lowest BCUT2D eigenvalue weighted by Gasteiger charge is -2.31. The first kappa shape index (κ1) is 24.3. The third-order valence-electron chi connectivity index (χ3n) is 5.39. The average molecular weight is 438 g/mol. The minimum absolute atomic E-state index is 0.0557. The maximum Gasteiger partial charge on any atom is 0.251 e. The summed E-state index contributed by atoms with van der Waals surface area (Å²) in [6.07, 6.45) is 2.55. The number of rotatable bonds is 6. The van der Waals surface area contributed by atoms with Crippen LogP contribution in [0, 0.1) is 12.8 Å². The molecular formula is C22H35N3O4S. The van der Waals surface area contributed by atoms with E-state index in [0.717, 1.165) is 5.56 Å². The van der Waals surface area contributed by atoms with Crippen LogP contribution in [0.1, 0.15) is 76.2 Å². The molecule has 1 aromatic rings. The zero-order valence-corrected chi connectivity index (χ0v) is 19.7. The molecule has 2 amide bonds. The molecule has 8 heteroatoms. The Kier molecular flexibility index (Phi) is 7.69. The van der Waals surface area contributed by atoms with Crippen molar-refractivity contribution in [3.63, 3.8) is 0 Å². The van der Waals surface area contributed by atoms with Crippen LogP contribution in [0.3, 0.4) is 0 Å². The molecule has 2 rings (SSSR count). The topological polar surface area (TPSA) is 104 Å². The summed E-state index contributed by atoms with van der Waals surface area (Å²) in [4.78, 5) is 24.8. The third-order valence-corrected chi connectivity index (χ3v) is 7.65. The molecule has 30 heavy (non-hydrogen) atoms. The van der Waals surface area contributed by atoms with Crippen LogP contribution in [-0.4, -0.2) is 37.1 Å². The number of aryl methyl sites for hydroxylation is 1. The van der Waals surface area contributed by atoms with Gasteiger partial charge in [-0.15, -0.1) is 0 Å². The second kappa shape index (κ2) is 9.47. The van der Waals surface area contributed by atoms with Gasteiger partial charge in [0.2, 0.25) is 15.9 Å². The highest BCUT2D eigenvalue weighted by atomic mass is 32.2. The van der Waals surface area contributed by atoms with Crippen LogP contribution in [0.5, 0.6) is 0 Å². The fourth-order valence-corrected chi connectivity index (χ4v) is 4.42. The minimum atomic E-state index is -3.39. The molecule has 1 saturated carbocycles. The Bertz CT molecular complexity index is 880. The van der Waals surface area contributed by atoms with Gasteiger partial charge in [0.25, 0.3) is 5.91 Å². The summed E-state index contributed by atoms with van der Waals surface area (Å²) in [5.41, 5.74) is 2.08. The van der Waals surface area contributed by atoms with E-state index in [4.69, 9.17) is 0 Å². The van der Waals surface area contributed by atoms with Crippen LogP contribution in [-0.2, 0) is 14.8 Å². The number of carbonyl (C=O) groups is 2. The summed E-state index contributed by atoms with van der Waals surface area (Å²) in [5.74, 6) is -0.347. The van der Waals surface area contributed by atoms with Gasteiger partial charge < -0.3 is 10.6 Å². The summed E-state index contributed by atoms with van der Waals surface area (Å²) in [6.45, 7) is 10.7. The molecule has 1 aliphatic rings. The van der Waals surface area contributed by atoms with Gasteiger partial charge in [0.05, 0.1) is 4.75 Å². The van der Waals surface area contributed by atoms with E-state index in [1.165, 1.54) is 0 Å². The van der Waals surface area contributed by atoms with E-state index >= 15 is 0 Å². The molecule has 0 unspecified atom stereocenters.